The second-order valence-corrected chi connectivity index (χ2v) is 5.92. The molecule has 18 heavy (non-hydrogen) atoms. The molecule has 1 aliphatic carbocycles. The Hall–Kier alpha value is -1.15. The van der Waals surface area contributed by atoms with E-state index in [9.17, 15) is 9.90 Å². The molecular formula is C16H22O2. The number of hydrogen-bond donors (Lipinski definition) is 1. The van der Waals surface area contributed by atoms with Gasteiger partial charge in [0, 0.05) is 5.56 Å². The van der Waals surface area contributed by atoms with E-state index in [1.165, 1.54) is 5.56 Å². The summed E-state index contributed by atoms with van der Waals surface area (Å²) in [5.41, 5.74) is 1.55. The number of carbonyl (C=O) groups excluding carboxylic acids is 1. The summed E-state index contributed by atoms with van der Waals surface area (Å²) in [4.78, 5) is 12.4. The standard InChI is InChI=1S/C16H22O2/c1-12(2)10-13-4-6-14(7-5-13)15(18)16(11-17)8-3-9-16/h4-7,12,17H,3,8-11H2,1-2H3. The Morgan fingerprint density at radius 3 is 2.28 bits per heavy atom. The molecule has 2 nitrogen and oxygen atoms in total. The molecule has 0 heterocycles. The largest absolute Gasteiger partial charge is 0.395 e. The van der Waals surface area contributed by atoms with Gasteiger partial charge in [-0.2, -0.15) is 0 Å². The van der Waals surface area contributed by atoms with Crippen molar-refractivity contribution in [3.63, 3.8) is 0 Å². The van der Waals surface area contributed by atoms with Crippen molar-refractivity contribution in [1.29, 1.82) is 0 Å². The van der Waals surface area contributed by atoms with Crippen LogP contribution in [0.3, 0.4) is 0 Å². The molecule has 2 rings (SSSR count). The molecule has 0 aliphatic heterocycles. The predicted molar refractivity (Wildman–Crippen MR) is 72.7 cm³/mol. The van der Waals surface area contributed by atoms with Crippen molar-refractivity contribution >= 4 is 5.78 Å². The predicted octanol–water partition coefficient (Wildman–Crippen LogP) is 3.23. The van der Waals surface area contributed by atoms with Gasteiger partial charge in [0.25, 0.3) is 0 Å². The zero-order valence-corrected chi connectivity index (χ0v) is 11.3. The summed E-state index contributed by atoms with van der Waals surface area (Å²) in [6.45, 7) is 4.36. The van der Waals surface area contributed by atoms with Gasteiger partial charge in [-0.15, -0.1) is 0 Å². The van der Waals surface area contributed by atoms with E-state index in [-0.39, 0.29) is 12.4 Å². The summed E-state index contributed by atoms with van der Waals surface area (Å²) < 4.78 is 0. The van der Waals surface area contributed by atoms with Gasteiger partial charge in [-0.05, 0) is 30.7 Å². The molecule has 1 saturated carbocycles. The molecule has 0 aromatic heterocycles. The Morgan fingerprint density at radius 2 is 1.89 bits per heavy atom. The summed E-state index contributed by atoms with van der Waals surface area (Å²) in [5, 5.41) is 9.42. The zero-order chi connectivity index (χ0) is 13.2. The highest BCUT2D eigenvalue weighted by Gasteiger charge is 2.43. The second-order valence-electron chi connectivity index (χ2n) is 5.92. The van der Waals surface area contributed by atoms with E-state index in [1.54, 1.807) is 0 Å². The molecule has 1 aromatic rings. The van der Waals surface area contributed by atoms with Crippen LogP contribution in [0.1, 0.15) is 49.0 Å². The minimum absolute atomic E-state index is 0.0143. The maximum Gasteiger partial charge on any atom is 0.171 e. The molecule has 98 valence electrons. The van der Waals surface area contributed by atoms with Gasteiger partial charge in [0.05, 0.1) is 12.0 Å². The van der Waals surface area contributed by atoms with Crippen LogP contribution in [-0.4, -0.2) is 17.5 Å². The number of Topliss-reactive ketones (excluding diaryl/α,β-unsaturated/α-hetero) is 1. The fraction of sp³-hybridized carbons (Fsp3) is 0.562. The van der Waals surface area contributed by atoms with Gasteiger partial charge in [0.1, 0.15) is 0 Å². The first-order valence-corrected chi connectivity index (χ1v) is 6.82. The minimum atomic E-state index is -0.473. The van der Waals surface area contributed by atoms with Crippen molar-refractivity contribution in [2.75, 3.05) is 6.61 Å². The Labute approximate surface area is 109 Å². The number of carbonyl (C=O) groups is 1. The van der Waals surface area contributed by atoms with Crippen LogP contribution < -0.4 is 0 Å². The van der Waals surface area contributed by atoms with Crippen LogP contribution >= 0.6 is 0 Å². The van der Waals surface area contributed by atoms with E-state index in [0.717, 1.165) is 31.2 Å². The fourth-order valence-corrected chi connectivity index (χ4v) is 2.63. The van der Waals surface area contributed by atoms with Crippen molar-refractivity contribution in [1.82, 2.24) is 0 Å². The maximum atomic E-state index is 12.4. The SMILES string of the molecule is CC(C)Cc1ccc(C(=O)C2(CO)CCC2)cc1. The van der Waals surface area contributed by atoms with Crippen molar-refractivity contribution in [3.05, 3.63) is 35.4 Å². The van der Waals surface area contributed by atoms with Gasteiger partial charge in [-0.3, -0.25) is 4.79 Å². The lowest BCUT2D eigenvalue weighted by Gasteiger charge is -2.38. The Balaban J connectivity index is 2.12. The van der Waals surface area contributed by atoms with Gasteiger partial charge in [0.2, 0.25) is 0 Å². The Kier molecular flexibility index (Phi) is 3.86. The molecule has 1 fully saturated rings. The lowest BCUT2D eigenvalue weighted by atomic mass is 9.65. The highest BCUT2D eigenvalue weighted by Crippen LogP contribution is 2.43. The fourth-order valence-electron chi connectivity index (χ4n) is 2.63. The highest BCUT2D eigenvalue weighted by molar-refractivity contribution is 6.01. The molecule has 0 unspecified atom stereocenters. The van der Waals surface area contributed by atoms with Crippen LogP contribution in [0.15, 0.2) is 24.3 Å². The van der Waals surface area contributed by atoms with Crippen LogP contribution in [0, 0.1) is 11.3 Å². The normalized spacial score (nSPS) is 17.6. The highest BCUT2D eigenvalue weighted by atomic mass is 16.3. The van der Waals surface area contributed by atoms with Crippen LogP contribution in [0.5, 0.6) is 0 Å². The molecule has 0 spiro atoms. The first-order chi connectivity index (χ1) is 8.57. The van der Waals surface area contributed by atoms with Crippen molar-refractivity contribution in [3.8, 4) is 0 Å². The minimum Gasteiger partial charge on any atom is -0.395 e. The third-order valence-corrected chi connectivity index (χ3v) is 3.96. The third-order valence-electron chi connectivity index (χ3n) is 3.96. The van der Waals surface area contributed by atoms with Crippen molar-refractivity contribution < 1.29 is 9.90 Å². The van der Waals surface area contributed by atoms with E-state index in [1.807, 2.05) is 24.3 Å². The lowest BCUT2D eigenvalue weighted by Crippen LogP contribution is -2.41. The Morgan fingerprint density at radius 1 is 1.28 bits per heavy atom. The third kappa shape index (κ3) is 2.49. The number of rotatable bonds is 5. The average Bonchev–Trinajstić information content (AvgIpc) is 2.28. The van der Waals surface area contributed by atoms with Gasteiger partial charge in [0.15, 0.2) is 5.78 Å². The molecule has 1 aromatic carbocycles. The van der Waals surface area contributed by atoms with Crippen LogP contribution in [0.2, 0.25) is 0 Å². The van der Waals surface area contributed by atoms with Gasteiger partial charge >= 0.3 is 0 Å². The second kappa shape index (κ2) is 5.23. The first-order valence-electron chi connectivity index (χ1n) is 6.82. The molecule has 0 amide bonds. The van der Waals surface area contributed by atoms with Gasteiger partial charge in [-0.1, -0.05) is 44.5 Å². The molecule has 0 saturated heterocycles. The smallest absolute Gasteiger partial charge is 0.171 e. The summed E-state index contributed by atoms with van der Waals surface area (Å²) in [5.74, 6) is 0.745. The topological polar surface area (TPSA) is 37.3 Å². The van der Waals surface area contributed by atoms with Gasteiger partial charge in [-0.25, -0.2) is 0 Å². The van der Waals surface area contributed by atoms with E-state index in [0.29, 0.717) is 5.92 Å². The van der Waals surface area contributed by atoms with E-state index < -0.39 is 5.41 Å². The number of benzene rings is 1. The monoisotopic (exact) mass is 246 g/mol. The first kappa shape index (κ1) is 13.3. The molecule has 1 aliphatic rings. The van der Waals surface area contributed by atoms with E-state index in [2.05, 4.69) is 13.8 Å². The average molecular weight is 246 g/mol. The molecule has 0 bridgehead atoms. The molecule has 2 heteroatoms. The van der Waals surface area contributed by atoms with E-state index >= 15 is 0 Å². The lowest BCUT2D eigenvalue weighted by molar-refractivity contribution is 0.0348. The molecule has 0 radical (unpaired) electrons. The molecule has 0 atom stereocenters. The van der Waals surface area contributed by atoms with Crippen molar-refractivity contribution in [2.24, 2.45) is 11.3 Å². The number of aliphatic hydroxyl groups is 1. The van der Waals surface area contributed by atoms with Crippen LogP contribution in [-0.2, 0) is 6.42 Å². The quantitative estimate of drug-likeness (QED) is 0.810. The Bertz CT molecular complexity index is 408. The molecular weight excluding hydrogens is 224 g/mol. The van der Waals surface area contributed by atoms with Crippen LogP contribution in [0.25, 0.3) is 0 Å². The summed E-state index contributed by atoms with van der Waals surface area (Å²) in [7, 11) is 0. The van der Waals surface area contributed by atoms with Crippen molar-refractivity contribution in [2.45, 2.75) is 39.5 Å². The molecule has 1 N–H and O–H groups in total. The maximum absolute atomic E-state index is 12.4. The summed E-state index contributed by atoms with van der Waals surface area (Å²) >= 11 is 0. The number of ketones is 1. The summed E-state index contributed by atoms with van der Waals surface area (Å²) in [6, 6.07) is 7.90. The zero-order valence-electron chi connectivity index (χ0n) is 11.3. The van der Waals surface area contributed by atoms with Gasteiger partial charge < -0.3 is 5.11 Å². The number of aliphatic hydroxyl groups excluding tert-OH is 1. The summed E-state index contributed by atoms with van der Waals surface area (Å²) in [6.07, 6.45) is 3.75. The van der Waals surface area contributed by atoms with E-state index in [4.69, 9.17) is 0 Å². The van der Waals surface area contributed by atoms with Crippen LogP contribution in [0.4, 0.5) is 0 Å². The number of hydrogen-bond acceptors (Lipinski definition) is 2.